The van der Waals surface area contributed by atoms with Crippen LogP contribution in [0.3, 0.4) is 0 Å². The van der Waals surface area contributed by atoms with Crippen molar-refractivity contribution in [1.82, 2.24) is 0 Å². The molecule has 0 unspecified atom stereocenters. The summed E-state index contributed by atoms with van der Waals surface area (Å²) in [6.07, 6.45) is 0. The molecule has 0 atom stereocenters. The lowest BCUT2D eigenvalue weighted by molar-refractivity contribution is 0.279. The van der Waals surface area contributed by atoms with E-state index in [9.17, 15) is 13.2 Å². The highest BCUT2D eigenvalue weighted by Crippen LogP contribution is 2.26. The molecule has 0 radical (unpaired) electrons. The van der Waals surface area contributed by atoms with Gasteiger partial charge in [-0.2, -0.15) is 4.39 Å². The van der Waals surface area contributed by atoms with Crippen molar-refractivity contribution in [1.29, 1.82) is 0 Å². The minimum atomic E-state index is -1.12. The van der Waals surface area contributed by atoms with E-state index in [0.29, 0.717) is 4.47 Å². The van der Waals surface area contributed by atoms with Crippen LogP contribution in [0.25, 0.3) is 0 Å². The van der Waals surface area contributed by atoms with E-state index >= 15 is 0 Å². The largest absolute Gasteiger partial charge is 0.486 e. The number of rotatable bonds is 3. The first kappa shape index (κ1) is 13.7. The second kappa shape index (κ2) is 5.52. The predicted octanol–water partition coefficient (Wildman–Crippen LogP) is 4.03. The van der Waals surface area contributed by atoms with Gasteiger partial charge < -0.3 is 10.5 Å². The molecule has 0 saturated carbocycles. The first-order valence-electron chi connectivity index (χ1n) is 5.29. The lowest BCUT2D eigenvalue weighted by atomic mass is 10.2. The van der Waals surface area contributed by atoms with Crippen LogP contribution >= 0.6 is 15.9 Å². The van der Waals surface area contributed by atoms with Crippen LogP contribution in [-0.2, 0) is 6.61 Å². The molecule has 2 rings (SSSR count). The smallest absolute Gasteiger partial charge is 0.200 e. The van der Waals surface area contributed by atoms with Gasteiger partial charge in [0.1, 0.15) is 6.61 Å². The Kier molecular flexibility index (Phi) is 3.99. The van der Waals surface area contributed by atoms with Gasteiger partial charge in [0.15, 0.2) is 17.4 Å². The molecular formula is C13H9BrF3NO. The second-order valence-electron chi connectivity index (χ2n) is 3.81. The molecule has 2 aromatic rings. The normalized spacial score (nSPS) is 10.5. The van der Waals surface area contributed by atoms with Gasteiger partial charge in [-0.05, 0) is 18.2 Å². The van der Waals surface area contributed by atoms with Crippen LogP contribution in [0.2, 0.25) is 0 Å². The number of hydrogen-bond acceptors (Lipinski definition) is 2. The van der Waals surface area contributed by atoms with Gasteiger partial charge in [0.25, 0.3) is 0 Å². The zero-order chi connectivity index (χ0) is 14.0. The molecule has 0 amide bonds. The van der Waals surface area contributed by atoms with Gasteiger partial charge in [-0.3, -0.25) is 0 Å². The third kappa shape index (κ3) is 3.01. The molecule has 2 aromatic carbocycles. The Morgan fingerprint density at radius 2 is 1.84 bits per heavy atom. The Labute approximate surface area is 116 Å². The minimum absolute atomic E-state index is 0.0259. The maximum Gasteiger partial charge on any atom is 0.200 e. The summed E-state index contributed by atoms with van der Waals surface area (Å²) in [4.78, 5) is 0. The van der Waals surface area contributed by atoms with Gasteiger partial charge >= 0.3 is 0 Å². The summed E-state index contributed by atoms with van der Waals surface area (Å²) in [5.74, 6) is -3.09. The van der Waals surface area contributed by atoms with Crippen LogP contribution in [-0.4, -0.2) is 0 Å². The molecular weight excluding hydrogens is 323 g/mol. The molecule has 0 fully saturated rings. The van der Waals surface area contributed by atoms with E-state index in [4.69, 9.17) is 10.5 Å². The van der Waals surface area contributed by atoms with Crippen LogP contribution in [0.5, 0.6) is 5.75 Å². The summed E-state index contributed by atoms with van der Waals surface area (Å²) >= 11 is 3.02. The average molecular weight is 332 g/mol. The molecule has 2 nitrogen and oxygen atoms in total. The first-order chi connectivity index (χ1) is 8.99. The fraction of sp³-hybridized carbons (Fsp3) is 0.0769. The van der Waals surface area contributed by atoms with E-state index in [1.165, 1.54) is 18.2 Å². The zero-order valence-corrected chi connectivity index (χ0v) is 11.2. The molecule has 0 spiro atoms. The third-order valence-corrected chi connectivity index (χ3v) is 2.91. The summed E-state index contributed by atoms with van der Waals surface area (Å²) in [7, 11) is 0. The van der Waals surface area contributed by atoms with Crippen molar-refractivity contribution in [2.75, 3.05) is 5.73 Å². The highest BCUT2D eigenvalue weighted by Gasteiger charge is 2.13. The highest BCUT2D eigenvalue weighted by molar-refractivity contribution is 9.10. The molecule has 0 heterocycles. The molecule has 0 aliphatic carbocycles. The molecule has 100 valence electrons. The van der Waals surface area contributed by atoms with Crippen LogP contribution in [0.1, 0.15) is 5.56 Å². The molecule has 0 bridgehead atoms. The number of ether oxygens (including phenoxy) is 1. The van der Waals surface area contributed by atoms with E-state index in [-0.39, 0.29) is 23.6 Å². The van der Waals surface area contributed by atoms with E-state index in [1.807, 2.05) is 0 Å². The van der Waals surface area contributed by atoms with Crippen molar-refractivity contribution in [3.8, 4) is 5.75 Å². The molecule has 0 aromatic heterocycles. The number of benzene rings is 2. The molecule has 0 aliphatic rings. The lowest BCUT2D eigenvalue weighted by Crippen LogP contribution is -2.03. The summed E-state index contributed by atoms with van der Waals surface area (Å²) in [5, 5.41) is 0. The van der Waals surface area contributed by atoms with E-state index < -0.39 is 17.5 Å². The number of hydrogen-bond donors (Lipinski definition) is 1. The molecule has 6 heteroatoms. The zero-order valence-electron chi connectivity index (χ0n) is 9.59. The molecule has 2 N–H and O–H groups in total. The Balaban J connectivity index is 2.21. The van der Waals surface area contributed by atoms with Gasteiger partial charge in [-0.15, -0.1) is 0 Å². The van der Waals surface area contributed by atoms with Crippen LogP contribution in [0.15, 0.2) is 34.8 Å². The maximum absolute atomic E-state index is 13.6. The van der Waals surface area contributed by atoms with E-state index in [1.54, 1.807) is 6.07 Å². The quantitative estimate of drug-likeness (QED) is 0.680. The number of halogens is 4. The predicted molar refractivity (Wildman–Crippen MR) is 69.2 cm³/mol. The molecule has 0 aliphatic heterocycles. The van der Waals surface area contributed by atoms with Crippen LogP contribution < -0.4 is 10.5 Å². The lowest BCUT2D eigenvalue weighted by Gasteiger charge is -2.10. The second-order valence-corrected chi connectivity index (χ2v) is 4.72. The summed E-state index contributed by atoms with van der Waals surface area (Å²) in [5.41, 5.74) is 5.54. The average Bonchev–Trinajstić information content (AvgIpc) is 2.36. The van der Waals surface area contributed by atoms with Crippen molar-refractivity contribution < 1.29 is 17.9 Å². The van der Waals surface area contributed by atoms with Gasteiger partial charge in [0.2, 0.25) is 5.82 Å². The van der Waals surface area contributed by atoms with E-state index in [2.05, 4.69) is 15.9 Å². The van der Waals surface area contributed by atoms with Crippen LogP contribution in [0.4, 0.5) is 18.9 Å². The fourth-order valence-corrected chi connectivity index (χ4v) is 1.91. The van der Waals surface area contributed by atoms with Crippen molar-refractivity contribution in [2.24, 2.45) is 0 Å². The molecule has 19 heavy (non-hydrogen) atoms. The van der Waals surface area contributed by atoms with Crippen LogP contribution in [0, 0.1) is 17.5 Å². The summed E-state index contributed by atoms with van der Waals surface area (Å²) in [6.45, 7) is -0.246. The Bertz CT molecular complexity index is 619. The van der Waals surface area contributed by atoms with Crippen molar-refractivity contribution in [3.05, 3.63) is 57.8 Å². The molecule has 0 saturated heterocycles. The highest BCUT2D eigenvalue weighted by atomic mass is 79.9. The van der Waals surface area contributed by atoms with Gasteiger partial charge in [0.05, 0.1) is 5.69 Å². The van der Waals surface area contributed by atoms with Gasteiger partial charge in [-0.25, -0.2) is 8.78 Å². The van der Waals surface area contributed by atoms with E-state index in [0.717, 1.165) is 6.07 Å². The third-order valence-electron chi connectivity index (χ3n) is 2.45. The van der Waals surface area contributed by atoms with Crippen molar-refractivity contribution in [3.63, 3.8) is 0 Å². The first-order valence-corrected chi connectivity index (χ1v) is 6.08. The summed E-state index contributed by atoms with van der Waals surface area (Å²) in [6, 6.07) is 6.65. The number of anilines is 1. The Morgan fingerprint density at radius 1 is 1.11 bits per heavy atom. The topological polar surface area (TPSA) is 35.2 Å². The Morgan fingerprint density at radius 3 is 2.58 bits per heavy atom. The fourth-order valence-electron chi connectivity index (χ4n) is 1.50. The van der Waals surface area contributed by atoms with Gasteiger partial charge in [-0.1, -0.05) is 28.1 Å². The standard InChI is InChI=1S/C13H9BrF3NO/c14-8-4-9(15)13(17)11(5-8)19-6-7-2-1-3-10(18)12(7)16/h1-5H,6,18H2. The maximum atomic E-state index is 13.6. The SMILES string of the molecule is Nc1cccc(COc2cc(Br)cc(F)c2F)c1F. The Hall–Kier alpha value is -1.69. The van der Waals surface area contributed by atoms with Gasteiger partial charge in [0, 0.05) is 10.0 Å². The minimum Gasteiger partial charge on any atom is -0.486 e. The summed E-state index contributed by atoms with van der Waals surface area (Å²) < 4.78 is 45.5. The van der Waals surface area contributed by atoms with Crippen molar-refractivity contribution >= 4 is 21.6 Å². The number of nitrogens with two attached hydrogens (primary N) is 1. The van der Waals surface area contributed by atoms with Crippen molar-refractivity contribution in [2.45, 2.75) is 6.61 Å². The monoisotopic (exact) mass is 331 g/mol. The number of nitrogen functional groups attached to an aromatic ring is 1.